The predicted octanol–water partition coefficient (Wildman–Crippen LogP) is 3.36. The maximum atomic E-state index is 12.6. The maximum Gasteiger partial charge on any atom is 0.267 e. The second kappa shape index (κ2) is 7.70. The molecule has 3 heterocycles. The molecule has 0 radical (unpaired) electrons. The Balaban J connectivity index is 1.26. The summed E-state index contributed by atoms with van der Waals surface area (Å²) in [5.74, 6) is 0.729. The van der Waals surface area contributed by atoms with E-state index in [1.165, 1.54) is 55.7 Å². The van der Waals surface area contributed by atoms with Crippen LogP contribution in [0.15, 0.2) is 45.9 Å². The Morgan fingerprint density at radius 2 is 1.87 bits per heavy atom. The van der Waals surface area contributed by atoms with Gasteiger partial charge in [-0.15, -0.1) is 0 Å². The van der Waals surface area contributed by atoms with E-state index in [4.69, 9.17) is 4.42 Å². The lowest BCUT2D eigenvalue weighted by atomic mass is 9.77. The van der Waals surface area contributed by atoms with Gasteiger partial charge >= 0.3 is 0 Å². The zero-order valence-corrected chi connectivity index (χ0v) is 17.0. The fourth-order valence-corrected chi connectivity index (χ4v) is 5.02. The van der Waals surface area contributed by atoms with E-state index in [1.807, 2.05) is 18.2 Å². The van der Waals surface area contributed by atoms with Gasteiger partial charge in [0.1, 0.15) is 17.9 Å². The van der Waals surface area contributed by atoms with E-state index in [-0.39, 0.29) is 24.3 Å². The first kappa shape index (κ1) is 19.0. The zero-order valence-electron chi connectivity index (χ0n) is 17.0. The van der Waals surface area contributed by atoms with E-state index in [9.17, 15) is 9.59 Å². The van der Waals surface area contributed by atoms with Crippen molar-refractivity contribution in [1.82, 2.24) is 14.8 Å². The van der Waals surface area contributed by atoms with Gasteiger partial charge in [-0.25, -0.2) is 9.67 Å². The first-order valence-corrected chi connectivity index (χ1v) is 10.8. The number of rotatable bonds is 5. The summed E-state index contributed by atoms with van der Waals surface area (Å²) in [6, 6.07) is 8.81. The van der Waals surface area contributed by atoms with Crippen LogP contribution in [0.25, 0.3) is 11.1 Å². The third-order valence-electron chi connectivity index (χ3n) is 6.79. The van der Waals surface area contributed by atoms with Gasteiger partial charge in [-0.3, -0.25) is 9.59 Å². The van der Waals surface area contributed by atoms with Gasteiger partial charge in [-0.1, -0.05) is 18.9 Å². The largest absolute Gasteiger partial charge is 0.443 e. The number of aromatic nitrogens is 3. The minimum absolute atomic E-state index is 0.0265. The van der Waals surface area contributed by atoms with Crippen molar-refractivity contribution in [2.75, 3.05) is 18.0 Å². The SMILES string of the molecule is O=C(Cc1ccc2ocnc2c1)Cn1nc(N2CCC3(CCCC3)CC2)ccc1=O. The van der Waals surface area contributed by atoms with E-state index >= 15 is 0 Å². The molecule has 0 atom stereocenters. The molecule has 1 aromatic carbocycles. The number of carbonyl (C=O) groups is 1. The van der Waals surface area contributed by atoms with Crippen molar-refractivity contribution < 1.29 is 9.21 Å². The summed E-state index contributed by atoms with van der Waals surface area (Å²) in [4.78, 5) is 31.3. The monoisotopic (exact) mass is 406 g/mol. The van der Waals surface area contributed by atoms with Crippen molar-refractivity contribution in [3.05, 3.63) is 52.6 Å². The van der Waals surface area contributed by atoms with Gasteiger partial charge in [0.2, 0.25) is 0 Å². The molecular formula is C23H26N4O3. The molecule has 7 heteroatoms. The lowest BCUT2D eigenvalue weighted by Crippen LogP contribution is -2.40. The number of benzene rings is 1. The molecule has 1 saturated carbocycles. The number of carbonyl (C=O) groups excluding carboxylic acids is 1. The van der Waals surface area contributed by atoms with Crippen molar-refractivity contribution in [2.24, 2.45) is 5.41 Å². The van der Waals surface area contributed by atoms with Crippen molar-refractivity contribution in [1.29, 1.82) is 0 Å². The van der Waals surface area contributed by atoms with Crippen LogP contribution in [-0.2, 0) is 17.8 Å². The van der Waals surface area contributed by atoms with Gasteiger partial charge in [-0.05, 0) is 54.9 Å². The topological polar surface area (TPSA) is 81.2 Å². The van der Waals surface area contributed by atoms with Gasteiger partial charge in [0.25, 0.3) is 5.56 Å². The van der Waals surface area contributed by atoms with Crippen molar-refractivity contribution >= 4 is 22.7 Å². The number of piperidine rings is 1. The molecule has 1 saturated heterocycles. The summed E-state index contributed by atoms with van der Waals surface area (Å²) in [7, 11) is 0. The van der Waals surface area contributed by atoms with Crippen LogP contribution in [0.3, 0.4) is 0 Å². The van der Waals surface area contributed by atoms with Gasteiger partial charge in [0.05, 0.1) is 0 Å². The Hall–Kier alpha value is -2.96. The third-order valence-corrected chi connectivity index (χ3v) is 6.79. The van der Waals surface area contributed by atoms with E-state index in [0.29, 0.717) is 11.0 Å². The maximum absolute atomic E-state index is 12.6. The van der Waals surface area contributed by atoms with Crippen molar-refractivity contribution in [2.45, 2.75) is 51.5 Å². The molecule has 30 heavy (non-hydrogen) atoms. The molecule has 5 rings (SSSR count). The standard InChI is InChI=1S/C23H26N4O3/c28-18(13-17-3-4-20-19(14-17)24-16-30-20)15-27-22(29)6-5-21(25-27)26-11-9-23(10-12-26)7-1-2-8-23/h3-6,14,16H,1-2,7-13,15H2. The summed E-state index contributed by atoms with van der Waals surface area (Å²) in [6.07, 6.45) is 9.41. The average molecular weight is 406 g/mol. The number of anilines is 1. The van der Waals surface area contributed by atoms with Gasteiger partial charge < -0.3 is 9.32 Å². The van der Waals surface area contributed by atoms with E-state index < -0.39 is 0 Å². The van der Waals surface area contributed by atoms with Crippen molar-refractivity contribution in [3.8, 4) is 0 Å². The first-order chi connectivity index (χ1) is 14.6. The van der Waals surface area contributed by atoms with Crippen LogP contribution in [-0.4, -0.2) is 33.6 Å². The molecule has 0 amide bonds. The lowest BCUT2D eigenvalue weighted by molar-refractivity contribution is -0.119. The minimum atomic E-state index is -0.247. The van der Waals surface area contributed by atoms with Crippen LogP contribution in [0.4, 0.5) is 5.82 Å². The van der Waals surface area contributed by atoms with Gasteiger partial charge in [0, 0.05) is 25.6 Å². The Morgan fingerprint density at radius 1 is 1.07 bits per heavy atom. The predicted molar refractivity (Wildman–Crippen MR) is 114 cm³/mol. The van der Waals surface area contributed by atoms with Crippen LogP contribution in [0.1, 0.15) is 44.1 Å². The van der Waals surface area contributed by atoms with Crippen LogP contribution in [0, 0.1) is 5.41 Å². The molecule has 1 aliphatic carbocycles. The second-order valence-electron chi connectivity index (χ2n) is 8.75. The number of nitrogens with zero attached hydrogens (tertiary/aromatic N) is 4. The normalized spacial score (nSPS) is 18.3. The number of hydrogen-bond donors (Lipinski definition) is 0. The molecule has 3 aromatic rings. The minimum Gasteiger partial charge on any atom is -0.443 e. The molecule has 156 valence electrons. The van der Waals surface area contributed by atoms with Crippen molar-refractivity contribution in [3.63, 3.8) is 0 Å². The quantitative estimate of drug-likeness (QED) is 0.646. The van der Waals surface area contributed by atoms with Crippen LogP contribution in [0.5, 0.6) is 0 Å². The first-order valence-electron chi connectivity index (χ1n) is 10.8. The highest BCUT2D eigenvalue weighted by Crippen LogP contribution is 2.46. The van der Waals surface area contributed by atoms with E-state index in [2.05, 4.69) is 15.0 Å². The molecule has 2 aliphatic rings. The number of fused-ring (bicyclic) bond motifs is 1. The molecule has 0 N–H and O–H groups in total. The number of Topliss-reactive ketones (excluding diaryl/α,β-unsaturated/α-hetero) is 1. The van der Waals surface area contributed by atoms with E-state index in [1.54, 1.807) is 6.07 Å². The lowest BCUT2D eigenvalue weighted by Gasteiger charge is -2.39. The Labute approximate surface area is 174 Å². The highest BCUT2D eigenvalue weighted by atomic mass is 16.3. The van der Waals surface area contributed by atoms with Gasteiger partial charge in [-0.2, -0.15) is 5.10 Å². The van der Waals surface area contributed by atoms with Crippen LogP contribution >= 0.6 is 0 Å². The third kappa shape index (κ3) is 3.76. The summed E-state index contributed by atoms with van der Waals surface area (Å²) in [5.41, 5.74) is 2.55. The Kier molecular flexibility index (Phi) is 4.89. The fourth-order valence-electron chi connectivity index (χ4n) is 5.02. The number of hydrogen-bond acceptors (Lipinski definition) is 6. The molecule has 2 fully saturated rings. The molecule has 0 unspecified atom stereocenters. The van der Waals surface area contributed by atoms with Crippen LogP contribution in [0.2, 0.25) is 0 Å². The smallest absolute Gasteiger partial charge is 0.267 e. The molecule has 2 aromatic heterocycles. The average Bonchev–Trinajstić information content (AvgIpc) is 3.40. The molecule has 0 bridgehead atoms. The molecular weight excluding hydrogens is 380 g/mol. The fraction of sp³-hybridized carbons (Fsp3) is 0.478. The summed E-state index contributed by atoms with van der Waals surface area (Å²) in [6.45, 7) is 1.91. The van der Waals surface area contributed by atoms with E-state index in [0.717, 1.165) is 30.0 Å². The summed E-state index contributed by atoms with van der Waals surface area (Å²) < 4.78 is 6.53. The molecule has 1 spiro atoms. The van der Waals surface area contributed by atoms with Gasteiger partial charge in [0.15, 0.2) is 17.8 Å². The summed E-state index contributed by atoms with van der Waals surface area (Å²) in [5, 5.41) is 4.52. The number of ketones is 1. The summed E-state index contributed by atoms with van der Waals surface area (Å²) >= 11 is 0. The molecule has 7 nitrogen and oxygen atoms in total. The second-order valence-corrected chi connectivity index (χ2v) is 8.75. The Morgan fingerprint density at radius 3 is 2.67 bits per heavy atom. The van der Waals surface area contributed by atoms with Crippen LogP contribution < -0.4 is 10.5 Å². The number of oxazole rings is 1. The highest BCUT2D eigenvalue weighted by molar-refractivity contribution is 5.82. The highest BCUT2D eigenvalue weighted by Gasteiger charge is 2.37. The molecule has 1 aliphatic heterocycles. The zero-order chi connectivity index (χ0) is 20.6. The Bertz CT molecular complexity index is 1120.